The van der Waals surface area contributed by atoms with Crippen LogP contribution in [0, 0.1) is 11.3 Å². The van der Waals surface area contributed by atoms with Gasteiger partial charge in [-0.15, -0.1) is 12.4 Å². The topological polar surface area (TPSA) is 105 Å². The van der Waals surface area contributed by atoms with Gasteiger partial charge in [-0.3, -0.25) is 0 Å². The zero-order chi connectivity index (χ0) is 25.6. The van der Waals surface area contributed by atoms with Gasteiger partial charge in [0.1, 0.15) is 29.5 Å². The highest BCUT2D eigenvalue weighted by molar-refractivity contribution is 5.85. The number of halogens is 1. The van der Waals surface area contributed by atoms with Gasteiger partial charge in [0.05, 0.1) is 31.6 Å². The van der Waals surface area contributed by atoms with Gasteiger partial charge in [0, 0.05) is 42.4 Å². The van der Waals surface area contributed by atoms with Crippen LogP contribution in [0.25, 0.3) is 11.3 Å². The Bertz CT molecular complexity index is 1270. The fraction of sp³-hybridized carbons (Fsp3) is 0.429. The van der Waals surface area contributed by atoms with Crippen molar-refractivity contribution < 1.29 is 14.2 Å². The minimum Gasteiger partial charge on any atom is -0.496 e. The normalized spacial score (nSPS) is 16.8. The van der Waals surface area contributed by atoms with Gasteiger partial charge in [0.2, 0.25) is 5.95 Å². The fourth-order valence-electron chi connectivity index (χ4n) is 4.87. The number of likely N-dealkylation sites (tertiary alicyclic amines) is 1. The maximum atomic E-state index is 9.73. The summed E-state index contributed by atoms with van der Waals surface area (Å²) in [5.74, 6) is 2.89. The number of pyridine rings is 1. The molecular weight excluding hydrogens is 504 g/mol. The summed E-state index contributed by atoms with van der Waals surface area (Å²) in [6, 6.07) is 11.5. The first kappa shape index (κ1) is 27.6. The number of ether oxygens (including phenoxy) is 3. The molecule has 0 amide bonds. The van der Waals surface area contributed by atoms with Crippen LogP contribution >= 0.6 is 12.4 Å². The van der Waals surface area contributed by atoms with Crippen molar-refractivity contribution >= 4 is 24.2 Å². The number of nitrogens with one attached hydrogen (secondary N) is 1. The molecule has 10 heteroatoms. The SMILES string of the molecule is COc1cc(Nc2nccc(-c3ccc(OC4CCOCC4)c(C#N)c3)n2)ncc1C1CCN(C)CC1.Cl. The molecule has 2 aliphatic heterocycles. The molecule has 9 nitrogen and oxygen atoms in total. The van der Waals surface area contributed by atoms with Crippen LogP contribution in [0.15, 0.2) is 42.7 Å². The molecule has 5 rings (SSSR count). The summed E-state index contributed by atoms with van der Waals surface area (Å²) >= 11 is 0. The number of nitrogens with zero attached hydrogens (tertiary/aromatic N) is 5. The Hall–Kier alpha value is -3.45. The molecule has 0 unspecified atom stereocenters. The molecule has 1 N–H and O–H groups in total. The Kier molecular flexibility index (Phi) is 9.34. The number of aromatic nitrogens is 3. The van der Waals surface area contributed by atoms with Gasteiger partial charge in [-0.25, -0.2) is 15.0 Å². The second-order valence-corrected chi connectivity index (χ2v) is 9.53. The van der Waals surface area contributed by atoms with Crippen LogP contribution in [0.5, 0.6) is 11.5 Å². The van der Waals surface area contributed by atoms with Crippen molar-refractivity contribution in [3.63, 3.8) is 0 Å². The number of piperidine rings is 1. The van der Waals surface area contributed by atoms with Crippen LogP contribution in [-0.2, 0) is 4.74 Å². The molecule has 4 heterocycles. The van der Waals surface area contributed by atoms with Gasteiger partial charge in [0.25, 0.3) is 0 Å². The molecule has 2 fully saturated rings. The highest BCUT2D eigenvalue weighted by atomic mass is 35.5. The molecule has 38 heavy (non-hydrogen) atoms. The third-order valence-electron chi connectivity index (χ3n) is 7.03. The predicted molar refractivity (Wildman–Crippen MR) is 147 cm³/mol. The first-order valence-corrected chi connectivity index (χ1v) is 12.7. The number of anilines is 2. The second kappa shape index (κ2) is 12.9. The smallest absolute Gasteiger partial charge is 0.228 e. The molecule has 0 bridgehead atoms. The van der Waals surface area contributed by atoms with Gasteiger partial charge >= 0.3 is 0 Å². The van der Waals surface area contributed by atoms with Gasteiger partial charge in [-0.2, -0.15) is 5.26 Å². The van der Waals surface area contributed by atoms with Crippen molar-refractivity contribution in [2.75, 3.05) is 45.8 Å². The van der Waals surface area contributed by atoms with Crippen LogP contribution in [0.4, 0.5) is 11.8 Å². The molecule has 0 aliphatic carbocycles. The third-order valence-corrected chi connectivity index (χ3v) is 7.03. The lowest BCUT2D eigenvalue weighted by molar-refractivity contribution is 0.0254. The van der Waals surface area contributed by atoms with E-state index in [2.05, 4.69) is 38.3 Å². The number of hydrogen-bond acceptors (Lipinski definition) is 9. The first-order chi connectivity index (χ1) is 18.1. The standard InChI is InChI=1S/C28H32N6O3.ClH/c1-34-11-6-19(7-12-34)23-18-31-27(16-26(23)35-2)33-28-30-10-5-24(32-28)20-3-4-25(21(15-20)17-29)37-22-8-13-36-14-9-22;/h3-5,10,15-16,18-19,22H,6-9,11-14H2,1-2H3,(H,30,31,32,33);1H. The van der Waals surface area contributed by atoms with E-state index >= 15 is 0 Å². The second-order valence-electron chi connectivity index (χ2n) is 9.53. The van der Waals surface area contributed by atoms with Crippen LogP contribution in [0.3, 0.4) is 0 Å². The van der Waals surface area contributed by atoms with Crippen molar-refractivity contribution in [2.24, 2.45) is 0 Å². The molecular formula is C28H33ClN6O3. The average Bonchev–Trinajstić information content (AvgIpc) is 2.94. The Morgan fingerprint density at radius 2 is 1.84 bits per heavy atom. The lowest BCUT2D eigenvalue weighted by atomic mass is 9.90. The number of methoxy groups -OCH3 is 1. The molecule has 0 atom stereocenters. The number of rotatable bonds is 7. The minimum absolute atomic E-state index is 0. The molecule has 0 saturated carbocycles. The average molecular weight is 537 g/mol. The lowest BCUT2D eigenvalue weighted by Crippen LogP contribution is -2.29. The molecule has 200 valence electrons. The highest BCUT2D eigenvalue weighted by Gasteiger charge is 2.22. The van der Waals surface area contributed by atoms with Crippen LogP contribution in [0.1, 0.15) is 42.7 Å². The highest BCUT2D eigenvalue weighted by Crippen LogP contribution is 2.35. The Morgan fingerprint density at radius 3 is 2.58 bits per heavy atom. The monoisotopic (exact) mass is 536 g/mol. The summed E-state index contributed by atoms with van der Waals surface area (Å²) in [5, 5.41) is 12.9. The van der Waals surface area contributed by atoms with Crippen molar-refractivity contribution in [3.05, 3.63) is 53.9 Å². The fourth-order valence-corrected chi connectivity index (χ4v) is 4.87. The third kappa shape index (κ3) is 6.51. The zero-order valence-electron chi connectivity index (χ0n) is 21.7. The molecule has 0 radical (unpaired) electrons. The number of benzene rings is 1. The molecule has 2 aliphatic rings. The number of nitriles is 1. The molecule has 3 aromatic rings. The van der Waals surface area contributed by atoms with Gasteiger partial charge in [-0.1, -0.05) is 0 Å². The maximum absolute atomic E-state index is 9.73. The van der Waals surface area contributed by atoms with E-state index in [1.165, 1.54) is 0 Å². The molecule has 2 aromatic heterocycles. The van der Waals surface area contributed by atoms with E-state index in [0.29, 0.717) is 47.9 Å². The zero-order valence-corrected chi connectivity index (χ0v) is 22.5. The van der Waals surface area contributed by atoms with Crippen LogP contribution < -0.4 is 14.8 Å². The van der Waals surface area contributed by atoms with E-state index in [1.807, 2.05) is 30.5 Å². The van der Waals surface area contributed by atoms with E-state index in [-0.39, 0.29) is 18.5 Å². The number of hydrogen-bond donors (Lipinski definition) is 1. The van der Waals surface area contributed by atoms with Crippen molar-refractivity contribution in [1.29, 1.82) is 5.26 Å². The summed E-state index contributed by atoms with van der Waals surface area (Å²) in [6.07, 6.45) is 7.49. The van der Waals surface area contributed by atoms with Crippen molar-refractivity contribution in [3.8, 4) is 28.8 Å². The molecule has 0 spiro atoms. The van der Waals surface area contributed by atoms with E-state index < -0.39 is 0 Å². The maximum Gasteiger partial charge on any atom is 0.228 e. The summed E-state index contributed by atoms with van der Waals surface area (Å²) in [4.78, 5) is 16.0. The Balaban J connectivity index is 0.00000336. The van der Waals surface area contributed by atoms with Crippen molar-refractivity contribution in [2.45, 2.75) is 37.7 Å². The largest absolute Gasteiger partial charge is 0.496 e. The quantitative estimate of drug-likeness (QED) is 0.449. The van der Waals surface area contributed by atoms with Gasteiger partial charge in [-0.05, 0) is 63.2 Å². The van der Waals surface area contributed by atoms with Crippen LogP contribution in [-0.4, -0.2) is 66.4 Å². The van der Waals surface area contributed by atoms with Gasteiger partial charge < -0.3 is 24.4 Å². The Morgan fingerprint density at radius 1 is 1.05 bits per heavy atom. The Labute approximate surface area is 229 Å². The molecule has 2 saturated heterocycles. The van der Waals surface area contributed by atoms with E-state index in [0.717, 1.165) is 55.6 Å². The summed E-state index contributed by atoms with van der Waals surface area (Å²) < 4.78 is 17.2. The van der Waals surface area contributed by atoms with E-state index in [9.17, 15) is 5.26 Å². The predicted octanol–water partition coefficient (Wildman–Crippen LogP) is 4.95. The van der Waals surface area contributed by atoms with E-state index in [4.69, 9.17) is 14.2 Å². The minimum atomic E-state index is 0. The van der Waals surface area contributed by atoms with Gasteiger partial charge in [0.15, 0.2) is 0 Å². The van der Waals surface area contributed by atoms with Crippen LogP contribution in [0.2, 0.25) is 0 Å². The summed E-state index contributed by atoms with van der Waals surface area (Å²) in [7, 11) is 3.85. The first-order valence-electron chi connectivity index (χ1n) is 12.7. The summed E-state index contributed by atoms with van der Waals surface area (Å²) in [6.45, 7) is 3.52. The van der Waals surface area contributed by atoms with E-state index in [1.54, 1.807) is 19.4 Å². The summed E-state index contributed by atoms with van der Waals surface area (Å²) in [5.41, 5.74) is 3.13. The van der Waals surface area contributed by atoms with Crippen molar-refractivity contribution in [1.82, 2.24) is 19.9 Å². The molecule has 1 aromatic carbocycles. The lowest BCUT2D eigenvalue weighted by Gasteiger charge is -2.29.